The summed E-state index contributed by atoms with van der Waals surface area (Å²) in [7, 11) is 0. The second-order valence-electron chi connectivity index (χ2n) is 3.49. The molecule has 0 spiro atoms. The molecule has 1 N–H and O–H groups in total. The second-order valence-corrected chi connectivity index (χ2v) is 4.59. The molecule has 3 nitrogen and oxygen atoms in total. The zero-order valence-corrected chi connectivity index (χ0v) is 12.0. The average Bonchev–Trinajstić information content (AvgIpc) is 2.31. The van der Waals surface area contributed by atoms with Gasteiger partial charge in [-0.2, -0.15) is 0 Å². The summed E-state index contributed by atoms with van der Waals surface area (Å²) in [4.78, 5) is 9.86. The van der Waals surface area contributed by atoms with Gasteiger partial charge in [0.15, 0.2) is 0 Å². The number of carbonyl (C=O) groups excluding carboxylic acids is 1. The lowest BCUT2D eigenvalue weighted by Gasteiger charge is -1.99. The highest BCUT2D eigenvalue weighted by Crippen LogP contribution is 2.24. The Bertz CT molecular complexity index is 329. The lowest BCUT2D eigenvalue weighted by atomic mass is 10.2. The Labute approximate surface area is 118 Å². The van der Waals surface area contributed by atoms with Crippen molar-refractivity contribution in [1.82, 2.24) is 0 Å². The predicted molar refractivity (Wildman–Crippen MR) is 74.0 cm³/mol. The highest BCUT2D eigenvalue weighted by atomic mass is 35.5. The van der Waals surface area contributed by atoms with E-state index in [1.807, 2.05) is 31.2 Å². The number of hydrogen-bond acceptors (Lipinski definition) is 3. The topological polar surface area (TPSA) is 46.5 Å². The third kappa shape index (κ3) is 8.34. The Balaban J connectivity index is 0.000000331. The number of rotatable bonds is 4. The maximum Gasteiger partial charge on any atom is 0.308 e. The number of ether oxygens (including phenoxy) is 1. The van der Waals surface area contributed by atoms with Crippen LogP contribution in [0, 0.1) is 6.92 Å². The number of aliphatic hydroxyl groups is 1. The Kier molecular flexibility index (Phi) is 9.74. The van der Waals surface area contributed by atoms with Crippen molar-refractivity contribution in [2.75, 3.05) is 13.2 Å². The molecule has 0 aliphatic carbocycles. The Morgan fingerprint density at radius 3 is 2.28 bits per heavy atom. The van der Waals surface area contributed by atoms with Crippen LogP contribution in [0.4, 0.5) is 0 Å². The van der Waals surface area contributed by atoms with Gasteiger partial charge in [-0.15, -0.1) is 23.2 Å². The molecule has 1 aromatic carbocycles. The average molecular weight is 293 g/mol. The predicted octanol–water partition coefficient (Wildman–Crippen LogP) is 3.40. The van der Waals surface area contributed by atoms with Gasteiger partial charge in [-0.25, -0.2) is 0 Å². The SMILES string of the molecule is CCOC(=O)CCO.Cc1ccc(C(Cl)Cl)cc1. The summed E-state index contributed by atoms with van der Waals surface area (Å²) in [5.74, 6) is -0.338. The largest absolute Gasteiger partial charge is 0.466 e. The molecule has 0 aromatic heterocycles. The van der Waals surface area contributed by atoms with Crippen LogP contribution in [0.2, 0.25) is 0 Å². The van der Waals surface area contributed by atoms with Crippen molar-refractivity contribution < 1.29 is 14.6 Å². The summed E-state index contributed by atoms with van der Waals surface area (Å²) in [6, 6.07) is 7.85. The highest BCUT2D eigenvalue weighted by Gasteiger charge is 2.00. The molecule has 0 unspecified atom stereocenters. The van der Waals surface area contributed by atoms with Gasteiger partial charge in [0.2, 0.25) is 0 Å². The van der Waals surface area contributed by atoms with Crippen LogP contribution >= 0.6 is 23.2 Å². The van der Waals surface area contributed by atoms with E-state index >= 15 is 0 Å². The van der Waals surface area contributed by atoms with E-state index in [1.165, 1.54) is 5.56 Å². The van der Waals surface area contributed by atoms with E-state index in [1.54, 1.807) is 6.92 Å². The lowest BCUT2D eigenvalue weighted by molar-refractivity contribution is -0.143. The number of aliphatic hydroxyl groups excluding tert-OH is 1. The van der Waals surface area contributed by atoms with E-state index in [-0.39, 0.29) is 19.0 Å². The summed E-state index contributed by atoms with van der Waals surface area (Å²) in [5, 5.41) is 8.16. The highest BCUT2D eigenvalue weighted by molar-refractivity contribution is 6.44. The lowest BCUT2D eigenvalue weighted by Crippen LogP contribution is -2.05. The summed E-state index contributed by atoms with van der Waals surface area (Å²) in [6.07, 6.45) is 0.105. The van der Waals surface area contributed by atoms with E-state index in [9.17, 15) is 4.79 Å². The van der Waals surface area contributed by atoms with Crippen LogP contribution in [-0.2, 0) is 9.53 Å². The molecule has 0 atom stereocenters. The first-order valence-corrected chi connectivity index (χ1v) is 6.49. The Morgan fingerprint density at radius 2 is 1.89 bits per heavy atom. The van der Waals surface area contributed by atoms with Crippen LogP contribution in [0.3, 0.4) is 0 Å². The first kappa shape index (κ1) is 17.2. The summed E-state index contributed by atoms with van der Waals surface area (Å²) in [6.45, 7) is 4.02. The first-order valence-electron chi connectivity index (χ1n) is 5.62. The molecule has 0 amide bonds. The third-order valence-electron chi connectivity index (χ3n) is 1.95. The van der Waals surface area contributed by atoms with Crippen LogP contribution in [-0.4, -0.2) is 24.3 Å². The molecule has 0 saturated heterocycles. The molecular formula is C13H18Cl2O3. The summed E-state index contributed by atoms with van der Waals surface area (Å²) in [5.41, 5.74) is 2.17. The molecule has 0 aliphatic rings. The monoisotopic (exact) mass is 292 g/mol. The molecule has 1 rings (SSSR count). The van der Waals surface area contributed by atoms with Gasteiger partial charge in [-0.1, -0.05) is 29.8 Å². The zero-order chi connectivity index (χ0) is 14.0. The fourth-order valence-electron chi connectivity index (χ4n) is 1.04. The number of alkyl halides is 2. The third-order valence-corrected chi connectivity index (χ3v) is 2.45. The maximum absolute atomic E-state index is 10.3. The Morgan fingerprint density at radius 1 is 1.33 bits per heavy atom. The van der Waals surface area contributed by atoms with E-state index in [0.717, 1.165) is 5.56 Å². The molecule has 0 bridgehead atoms. The fraction of sp³-hybridized carbons (Fsp3) is 0.462. The number of aryl methyl sites for hydroxylation is 1. The molecule has 0 radical (unpaired) electrons. The van der Waals surface area contributed by atoms with Gasteiger partial charge in [0.05, 0.1) is 19.6 Å². The standard InChI is InChI=1S/C8H8Cl2.C5H10O3/c1-6-2-4-7(5-3-6)8(9)10;1-2-8-5(7)3-4-6/h2-5,8H,1H3;6H,2-4H2,1H3. The fourth-order valence-corrected chi connectivity index (χ4v) is 1.33. The van der Waals surface area contributed by atoms with Crippen molar-refractivity contribution in [2.24, 2.45) is 0 Å². The van der Waals surface area contributed by atoms with Gasteiger partial charge < -0.3 is 9.84 Å². The number of carbonyl (C=O) groups is 1. The van der Waals surface area contributed by atoms with Crippen LogP contribution in [0.5, 0.6) is 0 Å². The van der Waals surface area contributed by atoms with Crippen molar-refractivity contribution in [3.8, 4) is 0 Å². The van der Waals surface area contributed by atoms with Crippen LogP contribution < -0.4 is 0 Å². The molecule has 5 heteroatoms. The quantitative estimate of drug-likeness (QED) is 0.683. The minimum Gasteiger partial charge on any atom is -0.466 e. The van der Waals surface area contributed by atoms with Crippen molar-refractivity contribution in [3.63, 3.8) is 0 Å². The summed E-state index contributed by atoms with van der Waals surface area (Å²) < 4.78 is 4.48. The number of halogens is 2. The van der Waals surface area contributed by atoms with Crippen LogP contribution in [0.25, 0.3) is 0 Å². The molecule has 102 valence electrons. The second kappa shape index (κ2) is 10.2. The number of esters is 1. The molecule has 0 heterocycles. The number of hydrogen-bond donors (Lipinski definition) is 1. The molecule has 1 aromatic rings. The normalized spacial score (nSPS) is 9.67. The summed E-state index contributed by atoms with van der Waals surface area (Å²) >= 11 is 11.2. The zero-order valence-electron chi connectivity index (χ0n) is 10.5. The van der Waals surface area contributed by atoms with Crippen LogP contribution in [0.1, 0.15) is 29.3 Å². The maximum atomic E-state index is 10.3. The minimum atomic E-state index is -0.402. The van der Waals surface area contributed by atoms with Crippen LogP contribution in [0.15, 0.2) is 24.3 Å². The van der Waals surface area contributed by atoms with E-state index in [4.69, 9.17) is 28.3 Å². The van der Waals surface area contributed by atoms with Gasteiger partial charge in [0.25, 0.3) is 0 Å². The molecule has 18 heavy (non-hydrogen) atoms. The molecule has 0 aliphatic heterocycles. The van der Waals surface area contributed by atoms with Gasteiger partial charge in [0.1, 0.15) is 4.84 Å². The van der Waals surface area contributed by atoms with Gasteiger partial charge in [0, 0.05) is 0 Å². The molecule has 0 fully saturated rings. The van der Waals surface area contributed by atoms with Gasteiger partial charge in [-0.05, 0) is 19.4 Å². The number of benzene rings is 1. The van der Waals surface area contributed by atoms with Gasteiger partial charge in [-0.3, -0.25) is 4.79 Å². The van der Waals surface area contributed by atoms with Gasteiger partial charge >= 0.3 is 5.97 Å². The van der Waals surface area contributed by atoms with Crippen molar-refractivity contribution in [2.45, 2.75) is 25.1 Å². The smallest absolute Gasteiger partial charge is 0.308 e. The van der Waals surface area contributed by atoms with Crippen molar-refractivity contribution in [3.05, 3.63) is 35.4 Å². The molecular weight excluding hydrogens is 275 g/mol. The van der Waals surface area contributed by atoms with E-state index in [0.29, 0.717) is 6.61 Å². The Hall–Kier alpha value is -0.770. The van der Waals surface area contributed by atoms with Crippen molar-refractivity contribution in [1.29, 1.82) is 0 Å². The van der Waals surface area contributed by atoms with E-state index in [2.05, 4.69) is 4.74 Å². The van der Waals surface area contributed by atoms with Crippen molar-refractivity contribution >= 4 is 29.2 Å². The molecule has 0 saturated carbocycles. The van der Waals surface area contributed by atoms with E-state index < -0.39 is 4.84 Å². The minimum absolute atomic E-state index is 0.105. The first-order chi connectivity index (χ1) is 8.51.